The van der Waals surface area contributed by atoms with E-state index < -0.39 is 11.7 Å². The monoisotopic (exact) mass is 384 g/mol. The van der Waals surface area contributed by atoms with Crippen LogP contribution in [0.5, 0.6) is 0 Å². The van der Waals surface area contributed by atoms with Crippen LogP contribution in [0.25, 0.3) is 0 Å². The smallest absolute Gasteiger partial charge is 0.347 e. The normalized spacial score (nSPS) is 11.3. The van der Waals surface area contributed by atoms with Crippen LogP contribution >= 0.6 is 15.9 Å². The number of aromatic nitrogens is 1. The average molecular weight is 385 g/mol. The zero-order chi connectivity index (χ0) is 17.0. The van der Waals surface area contributed by atoms with Gasteiger partial charge < -0.3 is 4.90 Å². The van der Waals surface area contributed by atoms with Gasteiger partial charge in [0, 0.05) is 19.3 Å². The third kappa shape index (κ3) is 4.82. The molecule has 122 valence electrons. The maximum Gasteiger partial charge on any atom is 0.417 e. The number of hydrogen-bond donors (Lipinski definition) is 0. The van der Waals surface area contributed by atoms with E-state index in [4.69, 9.17) is 0 Å². The molecule has 0 bridgehead atoms. The maximum atomic E-state index is 12.8. The lowest BCUT2D eigenvalue weighted by atomic mass is 10.2. The molecule has 0 saturated carbocycles. The minimum absolute atomic E-state index is 0.310. The fourth-order valence-corrected chi connectivity index (χ4v) is 2.75. The van der Waals surface area contributed by atoms with Gasteiger partial charge in [0.05, 0.1) is 10.0 Å². The second-order valence-electron chi connectivity index (χ2n) is 5.33. The van der Waals surface area contributed by atoms with Crippen molar-refractivity contribution in [1.29, 1.82) is 0 Å². The minimum atomic E-state index is -4.41. The van der Waals surface area contributed by atoms with Gasteiger partial charge in [0.25, 0.3) is 0 Å². The van der Waals surface area contributed by atoms with Crippen molar-refractivity contribution >= 4 is 21.7 Å². The van der Waals surface area contributed by atoms with Gasteiger partial charge >= 0.3 is 6.18 Å². The van der Waals surface area contributed by atoms with Crippen LogP contribution < -0.4 is 4.90 Å². The Kier molecular flexibility index (Phi) is 5.46. The van der Waals surface area contributed by atoms with Crippen molar-refractivity contribution in [2.24, 2.45) is 0 Å². The Morgan fingerprint density at radius 3 is 2.43 bits per heavy atom. The lowest BCUT2D eigenvalue weighted by molar-refractivity contribution is -0.137. The molecule has 6 heteroatoms. The molecule has 2 rings (SSSR count). The van der Waals surface area contributed by atoms with Crippen molar-refractivity contribution in [1.82, 2.24) is 4.98 Å². The van der Waals surface area contributed by atoms with Gasteiger partial charge in [-0.2, -0.15) is 13.2 Å². The average Bonchev–Trinajstić information content (AvgIpc) is 2.46. The summed E-state index contributed by atoms with van der Waals surface area (Å²) in [4.78, 5) is 5.90. The van der Waals surface area contributed by atoms with E-state index in [1.54, 1.807) is 0 Å². The van der Waals surface area contributed by atoms with Crippen LogP contribution in [0.4, 0.5) is 19.0 Å². The number of nitrogens with zero attached hydrogens (tertiary/aromatic N) is 2. The quantitative estimate of drug-likeness (QED) is 0.637. The van der Waals surface area contributed by atoms with Gasteiger partial charge in [0.1, 0.15) is 5.82 Å². The summed E-state index contributed by atoms with van der Waals surface area (Å²) in [5, 5.41) is 0. The van der Waals surface area contributed by atoms with Crippen molar-refractivity contribution in [3.05, 3.63) is 70.3 Å². The Bertz CT molecular complexity index is 684. The summed E-state index contributed by atoms with van der Waals surface area (Å²) in [7, 11) is 0. The number of hydrogen-bond acceptors (Lipinski definition) is 2. The summed E-state index contributed by atoms with van der Waals surface area (Å²) < 4.78 is 38.6. The second kappa shape index (κ2) is 7.17. The van der Waals surface area contributed by atoms with E-state index in [9.17, 15) is 13.2 Å². The largest absolute Gasteiger partial charge is 0.417 e. The maximum absolute atomic E-state index is 12.8. The number of anilines is 1. The highest BCUT2D eigenvalue weighted by Gasteiger charge is 2.32. The molecular formula is C17H16BrF3N2. The molecule has 1 heterocycles. The van der Waals surface area contributed by atoms with Gasteiger partial charge in [-0.3, -0.25) is 0 Å². The molecule has 2 aromatic rings. The van der Waals surface area contributed by atoms with Gasteiger partial charge in [-0.05, 0) is 34.5 Å². The van der Waals surface area contributed by atoms with Gasteiger partial charge in [-0.1, -0.05) is 42.5 Å². The minimum Gasteiger partial charge on any atom is -0.347 e. The molecule has 0 radical (unpaired) electrons. The number of alkyl halides is 3. The van der Waals surface area contributed by atoms with Crippen LogP contribution in [0.1, 0.15) is 18.1 Å². The molecule has 0 atom stereocenters. The Morgan fingerprint density at radius 2 is 1.91 bits per heavy atom. The summed E-state index contributed by atoms with van der Waals surface area (Å²) in [5.41, 5.74) is 1.17. The summed E-state index contributed by atoms with van der Waals surface area (Å²) in [6.07, 6.45) is -3.55. The Morgan fingerprint density at radius 1 is 1.26 bits per heavy atom. The Hall–Kier alpha value is -1.82. The highest BCUT2D eigenvalue weighted by Crippen LogP contribution is 2.34. The fraction of sp³-hybridized carbons (Fsp3) is 0.235. The van der Waals surface area contributed by atoms with Crippen molar-refractivity contribution in [3.8, 4) is 0 Å². The molecule has 0 aliphatic carbocycles. The molecule has 0 amide bonds. The van der Waals surface area contributed by atoms with E-state index in [0.717, 1.165) is 23.4 Å². The predicted molar refractivity (Wildman–Crippen MR) is 89.2 cm³/mol. The third-order valence-corrected chi connectivity index (χ3v) is 3.71. The summed E-state index contributed by atoms with van der Waals surface area (Å²) in [6.45, 7) is 6.79. The van der Waals surface area contributed by atoms with Crippen LogP contribution in [0.3, 0.4) is 0 Å². The SMILES string of the molecule is C=C(C)CN(Cc1ccccc1)c1ncc(C(F)(F)F)cc1Br. The highest BCUT2D eigenvalue weighted by molar-refractivity contribution is 9.10. The fourth-order valence-electron chi connectivity index (χ4n) is 2.15. The predicted octanol–water partition coefficient (Wildman–Crippen LogP) is 5.45. The number of halogens is 4. The molecule has 23 heavy (non-hydrogen) atoms. The first-order chi connectivity index (χ1) is 10.8. The van der Waals surface area contributed by atoms with Gasteiger partial charge in [0.2, 0.25) is 0 Å². The third-order valence-electron chi connectivity index (χ3n) is 3.13. The van der Waals surface area contributed by atoms with Crippen LogP contribution in [0.15, 0.2) is 59.2 Å². The van der Waals surface area contributed by atoms with E-state index in [1.165, 1.54) is 0 Å². The second-order valence-corrected chi connectivity index (χ2v) is 6.18. The first-order valence-electron chi connectivity index (χ1n) is 6.93. The van der Waals surface area contributed by atoms with Crippen LogP contribution in [0.2, 0.25) is 0 Å². The van der Waals surface area contributed by atoms with Gasteiger partial charge in [-0.25, -0.2) is 4.98 Å². The van der Waals surface area contributed by atoms with Crippen molar-refractivity contribution in [2.75, 3.05) is 11.4 Å². The first-order valence-corrected chi connectivity index (χ1v) is 7.72. The molecule has 0 aliphatic heterocycles. The molecule has 0 saturated heterocycles. The molecule has 0 spiro atoms. The van der Waals surface area contributed by atoms with Gasteiger partial charge in [-0.15, -0.1) is 0 Å². The van der Waals surface area contributed by atoms with E-state index in [-0.39, 0.29) is 0 Å². The first kappa shape index (κ1) is 17.5. The Balaban J connectivity index is 2.34. The van der Waals surface area contributed by atoms with Crippen molar-refractivity contribution < 1.29 is 13.2 Å². The summed E-state index contributed by atoms with van der Waals surface area (Å²) >= 11 is 3.21. The standard InChI is InChI=1S/C17H16BrF3N2/c1-12(2)10-23(11-13-6-4-3-5-7-13)16-15(18)8-14(9-22-16)17(19,20)21/h3-9H,1,10-11H2,2H3. The summed E-state index contributed by atoms with van der Waals surface area (Å²) in [6, 6.07) is 10.7. The molecule has 0 unspecified atom stereocenters. The molecular weight excluding hydrogens is 369 g/mol. The Labute approximate surface area is 141 Å². The molecule has 1 aromatic carbocycles. The van der Waals surface area contributed by atoms with Crippen molar-refractivity contribution in [3.63, 3.8) is 0 Å². The topological polar surface area (TPSA) is 16.1 Å². The molecule has 0 aliphatic rings. The zero-order valence-corrected chi connectivity index (χ0v) is 14.2. The lowest BCUT2D eigenvalue weighted by Gasteiger charge is -2.25. The van der Waals surface area contributed by atoms with Gasteiger partial charge in [0.15, 0.2) is 0 Å². The lowest BCUT2D eigenvalue weighted by Crippen LogP contribution is -2.26. The zero-order valence-electron chi connectivity index (χ0n) is 12.6. The van der Waals surface area contributed by atoms with Crippen LogP contribution in [-0.4, -0.2) is 11.5 Å². The molecule has 0 N–H and O–H groups in total. The summed E-state index contributed by atoms with van der Waals surface area (Å²) in [5.74, 6) is 0.463. The number of rotatable bonds is 5. The van der Waals surface area contributed by atoms with E-state index in [0.29, 0.717) is 23.4 Å². The number of pyridine rings is 1. The van der Waals surface area contributed by atoms with Crippen molar-refractivity contribution in [2.45, 2.75) is 19.6 Å². The molecule has 1 aromatic heterocycles. The van der Waals surface area contributed by atoms with Crippen LogP contribution in [0, 0.1) is 0 Å². The molecule has 2 nitrogen and oxygen atoms in total. The number of benzene rings is 1. The van der Waals surface area contributed by atoms with E-state index in [2.05, 4.69) is 27.5 Å². The van der Waals surface area contributed by atoms with E-state index >= 15 is 0 Å². The molecule has 0 fully saturated rings. The highest BCUT2D eigenvalue weighted by atomic mass is 79.9. The van der Waals surface area contributed by atoms with Crippen LogP contribution in [-0.2, 0) is 12.7 Å². The van der Waals surface area contributed by atoms with E-state index in [1.807, 2.05) is 42.2 Å².